The van der Waals surface area contributed by atoms with Crippen LogP contribution in [0.5, 0.6) is 5.75 Å². The molecule has 0 spiro atoms. The Labute approximate surface area is 129 Å². The second-order valence-corrected chi connectivity index (χ2v) is 5.62. The molecule has 2 aromatic carbocycles. The van der Waals surface area contributed by atoms with Crippen LogP contribution in [0.25, 0.3) is 0 Å². The van der Waals surface area contributed by atoms with Gasteiger partial charge in [-0.25, -0.2) is 4.39 Å². The summed E-state index contributed by atoms with van der Waals surface area (Å²) in [4.78, 5) is 12.3. The van der Waals surface area contributed by atoms with Crippen molar-refractivity contribution >= 4 is 5.91 Å². The van der Waals surface area contributed by atoms with Crippen LogP contribution in [-0.2, 0) is 17.8 Å². The Morgan fingerprint density at radius 1 is 1.32 bits per heavy atom. The van der Waals surface area contributed by atoms with E-state index in [9.17, 15) is 9.18 Å². The Kier molecular flexibility index (Phi) is 4.09. The number of aryl methyl sites for hydroxylation is 1. The second-order valence-electron chi connectivity index (χ2n) is 5.62. The van der Waals surface area contributed by atoms with Crippen molar-refractivity contribution < 1.29 is 13.9 Å². The molecule has 1 heterocycles. The third-order valence-electron chi connectivity index (χ3n) is 3.94. The first-order chi connectivity index (χ1) is 10.6. The lowest BCUT2D eigenvalue weighted by Gasteiger charge is -2.24. The van der Waals surface area contributed by atoms with Gasteiger partial charge in [0.1, 0.15) is 18.2 Å². The molecular weight excluding hydrogens is 281 g/mol. The summed E-state index contributed by atoms with van der Waals surface area (Å²) in [6.07, 6.45) is 0.685. The van der Waals surface area contributed by atoms with E-state index in [1.807, 2.05) is 24.3 Å². The van der Waals surface area contributed by atoms with E-state index in [1.54, 1.807) is 19.1 Å². The maximum Gasteiger partial charge on any atom is 0.227 e. The third-order valence-corrected chi connectivity index (χ3v) is 3.94. The number of carbonyl (C=O) groups is 1. The SMILES string of the molecule is Cc1cc(CNC(=O)C2COc3ccccc3C2)ccc1F. The van der Waals surface area contributed by atoms with Crippen molar-refractivity contribution in [3.63, 3.8) is 0 Å². The van der Waals surface area contributed by atoms with E-state index in [-0.39, 0.29) is 17.6 Å². The number of fused-ring (bicyclic) bond motifs is 1. The summed E-state index contributed by atoms with van der Waals surface area (Å²) in [6, 6.07) is 12.6. The lowest BCUT2D eigenvalue weighted by molar-refractivity contribution is -0.126. The summed E-state index contributed by atoms with van der Waals surface area (Å²) in [5, 5.41) is 2.90. The number of hydrogen-bond acceptors (Lipinski definition) is 2. The molecule has 1 N–H and O–H groups in total. The van der Waals surface area contributed by atoms with Gasteiger partial charge in [-0.15, -0.1) is 0 Å². The van der Waals surface area contributed by atoms with Crippen LogP contribution in [-0.4, -0.2) is 12.5 Å². The smallest absolute Gasteiger partial charge is 0.227 e. The van der Waals surface area contributed by atoms with E-state index in [4.69, 9.17) is 4.74 Å². The number of hydrogen-bond donors (Lipinski definition) is 1. The largest absolute Gasteiger partial charge is 0.492 e. The highest BCUT2D eigenvalue weighted by atomic mass is 19.1. The van der Waals surface area contributed by atoms with Crippen LogP contribution in [0.1, 0.15) is 16.7 Å². The molecule has 1 amide bonds. The number of rotatable bonds is 3. The molecule has 1 unspecified atom stereocenters. The Morgan fingerprint density at radius 2 is 2.14 bits per heavy atom. The normalized spacial score (nSPS) is 16.5. The van der Waals surface area contributed by atoms with Crippen LogP contribution in [0, 0.1) is 18.7 Å². The van der Waals surface area contributed by atoms with E-state index >= 15 is 0 Å². The maximum atomic E-state index is 13.2. The van der Waals surface area contributed by atoms with E-state index < -0.39 is 0 Å². The van der Waals surface area contributed by atoms with Crippen molar-refractivity contribution in [2.45, 2.75) is 19.9 Å². The molecule has 0 fully saturated rings. The van der Waals surface area contributed by atoms with E-state index in [0.29, 0.717) is 25.1 Å². The van der Waals surface area contributed by atoms with Gasteiger partial charge in [0, 0.05) is 6.54 Å². The predicted octanol–water partition coefficient (Wildman–Crippen LogP) is 3.00. The Morgan fingerprint density at radius 3 is 2.95 bits per heavy atom. The molecular formula is C18H18FNO2. The lowest BCUT2D eigenvalue weighted by atomic mass is 9.96. The summed E-state index contributed by atoms with van der Waals surface area (Å²) >= 11 is 0. The average molecular weight is 299 g/mol. The number of nitrogens with one attached hydrogen (secondary N) is 1. The average Bonchev–Trinajstić information content (AvgIpc) is 2.55. The van der Waals surface area contributed by atoms with Crippen molar-refractivity contribution in [1.29, 1.82) is 0 Å². The predicted molar refractivity (Wildman–Crippen MR) is 82.1 cm³/mol. The Balaban J connectivity index is 1.60. The zero-order valence-corrected chi connectivity index (χ0v) is 12.4. The van der Waals surface area contributed by atoms with Gasteiger partial charge in [0.2, 0.25) is 5.91 Å². The Hall–Kier alpha value is -2.36. The van der Waals surface area contributed by atoms with E-state index in [2.05, 4.69) is 5.32 Å². The molecule has 2 aromatic rings. The topological polar surface area (TPSA) is 38.3 Å². The van der Waals surface area contributed by atoms with Crippen LogP contribution in [0.4, 0.5) is 4.39 Å². The molecule has 22 heavy (non-hydrogen) atoms. The summed E-state index contributed by atoms with van der Waals surface area (Å²) in [5.41, 5.74) is 2.54. The molecule has 0 saturated heterocycles. The first kappa shape index (κ1) is 14.6. The van der Waals surface area contributed by atoms with Gasteiger partial charge in [-0.3, -0.25) is 4.79 Å². The fourth-order valence-corrected chi connectivity index (χ4v) is 2.65. The van der Waals surface area contributed by atoms with E-state index in [1.165, 1.54) is 6.07 Å². The fraction of sp³-hybridized carbons (Fsp3) is 0.278. The molecule has 0 aliphatic carbocycles. The highest BCUT2D eigenvalue weighted by Crippen LogP contribution is 2.26. The lowest BCUT2D eigenvalue weighted by Crippen LogP contribution is -2.37. The minimum absolute atomic E-state index is 0.0310. The summed E-state index contributed by atoms with van der Waals surface area (Å²) in [5.74, 6) is 0.418. The van der Waals surface area contributed by atoms with Crippen LogP contribution >= 0.6 is 0 Å². The number of halogens is 1. The van der Waals surface area contributed by atoms with Gasteiger partial charge in [-0.2, -0.15) is 0 Å². The number of carbonyl (C=O) groups excluding carboxylic acids is 1. The van der Waals surface area contributed by atoms with Gasteiger partial charge in [0.05, 0.1) is 5.92 Å². The fourth-order valence-electron chi connectivity index (χ4n) is 2.65. The van der Waals surface area contributed by atoms with Crippen LogP contribution in [0.3, 0.4) is 0 Å². The highest BCUT2D eigenvalue weighted by molar-refractivity contribution is 5.79. The van der Waals surface area contributed by atoms with Gasteiger partial charge < -0.3 is 10.1 Å². The third kappa shape index (κ3) is 3.11. The van der Waals surface area contributed by atoms with Gasteiger partial charge in [0.15, 0.2) is 0 Å². The number of para-hydroxylation sites is 1. The van der Waals surface area contributed by atoms with Gasteiger partial charge in [-0.05, 0) is 42.2 Å². The quantitative estimate of drug-likeness (QED) is 0.946. The molecule has 1 atom stereocenters. The van der Waals surface area contributed by atoms with E-state index in [0.717, 1.165) is 16.9 Å². The molecule has 0 radical (unpaired) electrons. The Bertz CT molecular complexity index is 699. The van der Waals surface area contributed by atoms with Crippen molar-refractivity contribution in [3.05, 3.63) is 65.0 Å². The monoisotopic (exact) mass is 299 g/mol. The molecule has 0 aromatic heterocycles. The molecule has 114 valence electrons. The molecule has 0 bridgehead atoms. The molecule has 3 rings (SSSR count). The van der Waals surface area contributed by atoms with Crippen LogP contribution in [0.2, 0.25) is 0 Å². The first-order valence-corrected chi connectivity index (χ1v) is 7.37. The summed E-state index contributed by atoms with van der Waals surface area (Å²) in [7, 11) is 0. The molecule has 3 nitrogen and oxygen atoms in total. The molecule has 1 aliphatic heterocycles. The minimum atomic E-state index is -0.229. The number of benzene rings is 2. The second kappa shape index (κ2) is 6.18. The van der Waals surface area contributed by atoms with Crippen molar-refractivity contribution in [3.8, 4) is 5.75 Å². The molecule has 0 saturated carbocycles. The van der Waals surface area contributed by atoms with Crippen molar-refractivity contribution in [2.24, 2.45) is 5.92 Å². The number of ether oxygens (including phenoxy) is 1. The van der Waals surface area contributed by atoms with Gasteiger partial charge in [-0.1, -0.05) is 30.3 Å². The van der Waals surface area contributed by atoms with Crippen LogP contribution < -0.4 is 10.1 Å². The zero-order valence-electron chi connectivity index (χ0n) is 12.4. The van der Waals surface area contributed by atoms with Crippen molar-refractivity contribution in [2.75, 3.05) is 6.61 Å². The van der Waals surface area contributed by atoms with Crippen LogP contribution in [0.15, 0.2) is 42.5 Å². The molecule has 1 aliphatic rings. The van der Waals surface area contributed by atoms with Gasteiger partial charge in [0.25, 0.3) is 0 Å². The first-order valence-electron chi connectivity index (χ1n) is 7.37. The number of amides is 1. The zero-order chi connectivity index (χ0) is 15.5. The van der Waals surface area contributed by atoms with Gasteiger partial charge >= 0.3 is 0 Å². The summed E-state index contributed by atoms with van der Waals surface area (Å²) < 4.78 is 18.9. The standard InChI is InChI=1S/C18H18FNO2/c1-12-8-13(6-7-16(12)19)10-20-18(21)15-9-14-4-2-3-5-17(14)22-11-15/h2-8,15H,9-11H2,1H3,(H,20,21). The highest BCUT2D eigenvalue weighted by Gasteiger charge is 2.25. The minimum Gasteiger partial charge on any atom is -0.492 e. The molecule has 4 heteroatoms. The van der Waals surface area contributed by atoms with Crippen molar-refractivity contribution in [1.82, 2.24) is 5.32 Å². The summed E-state index contributed by atoms with van der Waals surface area (Å²) in [6.45, 7) is 2.51. The maximum absolute atomic E-state index is 13.2.